The van der Waals surface area contributed by atoms with E-state index in [4.69, 9.17) is 14.5 Å². The van der Waals surface area contributed by atoms with Crippen molar-refractivity contribution in [1.29, 1.82) is 0 Å². The number of nitrogens with one attached hydrogen (secondary N) is 1. The van der Waals surface area contributed by atoms with Crippen molar-refractivity contribution >= 4 is 35.1 Å². The number of urea groups is 1. The van der Waals surface area contributed by atoms with Crippen LogP contribution in [0.3, 0.4) is 0 Å². The van der Waals surface area contributed by atoms with Crippen LogP contribution in [0.25, 0.3) is 0 Å². The SMILES string of the molecule is CCOC(=O)C1=C(CN2CCN3C(=O)N(CC4(C(=O)O)COC4)C[C@]3(C)C2)NC(c2nccs2)=NC1c1cccc(F)c1C. The second-order valence-corrected chi connectivity index (χ2v) is 12.9. The number of nitrogens with zero attached hydrogens (tertiary/aromatic N) is 5. The first-order chi connectivity index (χ1) is 21.0. The fourth-order valence-electron chi connectivity index (χ4n) is 6.51. The first-order valence-corrected chi connectivity index (χ1v) is 15.4. The molecule has 0 radical (unpaired) electrons. The highest BCUT2D eigenvalue weighted by Crippen LogP contribution is 2.38. The number of amidine groups is 1. The minimum atomic E-state index is -1.08. The van der Waals surface area contributed by atoms with Crippen molar-refractivity contribution in [3.05, 3.63) is 63.0 Å². The van der Waals surface area contributed by atoms with Crippen LogP contribution in [0.4, 0.5) is 9.18 Å². The highest BCUT2D eigenvalue weighted by Gasteiger charge is 2.55. The lowest BCUT2D eigenvalue weighted by molar-refractivity contribution is -0.181. The summed E-state index contributed by atoms with van der Waals surface area (Å²) in [6.45, 7) is 7.94. The molecule has 2 aromatic rings. The number of piperazine rings is 1. The number of esters is 1. The molecule has 4 aliphatic rings. The third-order valence-corrected chi connectivity index (χ3v) is 9.61. The quantitative estimate of drug-likeness (QED) is 0.402. The highest BCUT2D eigenvalue weighted by molar-refractivity contribution is 7.11. The molecule has 14 heteroatoms. The Hall–Kier alpha value is -3.88. The summed E-state index contributed by atoms with van der Waals surface area (Å²) in [6, 6.07) is 3.75. The number of aliphatic imine (C=N–C) groups is 1. The summed E-state index contributed by atoms with van der Waals surface area (Å²) < 4.78 is 25.5. The van der Waals surface area contributed by atoms with Gasteiger partial charge in [-0.05, 0) is 38.0 Å². The molecule has 234 valence electrons. The van der Waals surface area contributed by atoms with E-state index in [1.165, 1.54) is 17.4 Å². The fraction of sp³-hybridized carbons (Fsp3) is 0.500. The van der Waals surface area contributed by atoms with Gasteiger partial charge >= 0.3 is 18.0 Å². The molecule has 0 aliphatic carbocycles. The molecule has 0 spiro atoms. The number of thiazole rings is 1. The van der Waals surface area contributed by atoms with Crippen LogP contribution in [0.2, 0.25) is 0 Å². The predicted octanol–water partition coefficient (Wildman–Crippen LogP) is 2.41. The van der Waals surface area contributed by atoms with Crippen molar-refractivity contribution in [3.8, 4) is 0 Å². The molecular weight excluding hydrogens is 591 g/mol. The molecule has 6 rings (SSSR count). The van der Waals surface area contributed by atoms with E-state index < -0.39 is 34.8 Å². The number of carbonyl (C=O) groups excluding carboxylic acids is 2. The number of carboxylic acid groups (broad SMARTS) is 1. The van der Waals surface area contributed by atoms with Crippen LogP contribution in [0.15, 0.2) is 46.0 Å². The molecule has 44 heavy (non-hydrogen) atoms. The fourth-order valence-corrected chi connectivity index (χ4v) is 7.10. The van der Waals surface area contributed by atoms with Gasteiger partial charge in [-0.1, -0.05) is 12.1 Å². The molecule has 0 bridgehead atoms. The van der Waals surface area contributed by atoms with Crippen molar-refractivity contribution in [2.45, 2.75) is 32.4 Å². The van der Waals surface area contributed by atoms with Crippen LogP contribution < -0.4 is 5.32 Å². The summed E-state index contributed by atoms with van der Waals surface area (Å²) in [5.74, 6) is -1.42. The van der Waals surface area contributed by atoms with E-state index in [0.29, 0.717) is 66.0 Å². The van der Waals surface area contributed by atoms with Gasteiger partial charge in [0.1, 0.15) is 17.3 Å². The van der Waals surface area contributed by atoms with Crippen molar-refractivity contribution in [1.82, 2.24) is 25.0 Å². The molecule has 3 saturated heterocycles. The molecule has 0 saturated carbocycles. The number of aromatic nitrogens is 1. The van der Waals surface area contributed by atoms with Gasteiger partial charge in [-0.3, -0.25) is 14.7 Å². The lowest BCUT2D eigenvalue weighted by Crippen LogP contribution is -2.60. The number of hydrogen-bond donors (Lipinski definition) is 2. The number of hydrogen-bond acceptors (Lipinski definition) is 10. The molecular formula is C30H35FN6O6S. The largest absolute Gasteiger partial charge is 0.481 e. The standard InChI is InChI=1S/C30H35FN6O6S/c1-4-43-26(38)22-21(33-24(25-32-8-11-44-25)34-23(22)19-6-5-7-20(31)18(19)2)12-35-9-10-37-28(41)36(14-29(37,3)13-35)15-30(27(39)40)16-42-17-30/h5-8,11,23H,4,9-10,12-17H2,1-3H3,(H,33,34)(H,39,40)/t23?,29-/m0/s1. The van der Waals surface area contributed by atoms with Gasteiger partial charge in [0, 0.05) is 56.5 Å². The maximum absolute atomic E-state index is 14.8. The monoisotopic (exact) mass is 626 g/mol. The lowest BCUT2D eigenvalue weighted by atomic mass is 9.85. The van der Waals surface area contributed by atoms with E-state index in [2.05, 4.69) is 15.2 Å². The van der Waals surface area contributed by atoms with Gasteiger partial charge in [0.15, 0.2) is 10.8 Å². The molecule has 4 aliphatic heterocycles. The number of aliphatic carboxylic acids is 1. The summed E-state index contributed by atoms with van der Waals surface area (Å²) >= 11 is 1.40. The van der Waals surface area contributed by atoms with E-state index in [-0.39, 0.29) is 32.4 Å². The zero-order valence-electron chi connectivity index (χ0n) is 24.8. The van der Waals surface area contributed by atoms with Gasteiger partial charge in [0.05, 0.1) is 30.9 Å². The zero-order chi connectivity index (χ0) is 31.2. The number of fused-ring (bicyclic) bond motifs is 1. The van der Waals surface area contributed by atoms with Crippen LogP contribution in [-0.2, 0) is 19.1 Å². The highest BCUT2D eigenvalue weighted by atomic mass is 32.1. The molecule has 5 heterocycles. The average Bonchev–Trinajstić information content (AvgIpc) is 3.58. The van der Waals surface area contributed by atoms with Gasteiger partial charge in [0.2, 0.25) is 0 Å². The number of carboxylic acids is 1. The number of benzene rings is 1. The normalized spacial score (nSPS) is 24.9. The average molecular weight is 627 g/mol. The third-order valence-electron chi connectivity index (χ3n) is 8.83. The molecule has 3 fully saturated rings. The Morgan fingerprint density at radius 3 is 2.73 bits per heavy atom. The maximum atomic E-state index is 14.8. The molecule has 1 unspecified atom stereocenters. The van der Waals surface area contributed by atoms with E-state index in [0.717, 1.165) is 0 Å². The Balaban J connectivity index is 1.31. The Kier molecular flexibility index (Phi) is 7.92. The summed E-state index contributed by atoms with van der Waals surface area (Å²) in [5, 5.41) is 15.6. The predicted molar refractivity (Wildman–Crippen MR) is 159 cm³/mol. The van der Waals surface area contributed by atoms with Crippen LogP contribution in [-0.4, -0.2) is 113 Å². The summed E-state index contributed by atoms with van der Waals surface area (Å²) in [6.07, 6.45) is 1.67. The van der Waals surface area contributed by atoms with E-state index in [9.17, 15) is 23.9 Å². The molecule has 2 N–H and O–H groups in total. The van der Waals surface area contributed by atoms with Crippen LogP contribution in [0.5, 0.6) is 0 Å². The van der Waals surface area contributed by atoms with Crippen LogP contribution >= 0.6 is 11.3 Å². The van der Waals surface area contributed by atoms with Crippen LogP contribution in [0, 0.1) is 18.2 Å². The summed E-state index contributed by atoms with van der Waals surface area (Å²) in [5.41, 5.74) is 0.162. The van der Waals surface area contributed by atoms with Crippen LogP contribution in [0.1, 0.15) is 36.0 Å². The Bertz CT molecular complexity index is 1540. The van der Waals surface area contributed by atoms with Crippen molar-refractivity contribution in [2.75, 3.05) is 59.1 Å². The van der Waals surface area contributed by atoms with Crippen molar-refractivity contribution in [3.63, 3.8) is 0 Å². The second-order valence-electron chi connectivity index (χ2n) is 12.0. The molecule has 1 aromatic carbocycles. The van der Waals surface area contributed by atoms with Crippen molar-refractivity contribution in [2.24, 2.45) is 10.4 Å². The Morgan fingerprint density at radius 2 is 2.07 bits per heavy atom. The van der Waals surface area contributed by atoms with E-state index in [1.54, 1.807) is 37.1 Å². The third kappa shape index (κ3) is 5.24. The minimum Gasteiger partial charge on any atom is -0.481 e. The van der Waals surface area contributed by atoms with Crippen molar-refractivity contribution < 1.29 is 33.4 Å². The molecule has 2 amide bonds. The van der Waals surface area contributed by atoms with E-state index in [1.807, 2.05) is 17.2 Å². The van der Waals surface area contributed by atoms with Gasteiger partial charge in [-0.2, -0.15) is 0 Å². The first kappa shape index (κ1) is 30.2. The zero-order valence-corrected chi connectivity index (χ0v) is 25.7. The number of halogens is 1. The summed E-state index contributed by atoms with van der Waals surface area (Å²) in [4.78, 5) is 53.8. The summed E-state index contributed by atoms with van der Waals surface area (Å²) in [7, 11) is 0. The molecule has 2 atom stereocenters. The lowest BCUT2D eigenvalue weighted by Gasteiger charge is -2.44. The number of amides is 2. The number of ether oxygens (including phenoxy) is 2. The van der Waals surface area contributed by atoms with Gasteiger partial charge in [-0.25, -0.2) is 19.0 Å². The Labute approximate surface area is 258 Å². The number of rotatable bonds is 9. The van der Waals surface area contributed by atoms with Gasteiger partial charge < -0.3 is 29.7 Å². The van der Waals surface area contributed by atoms with E-state index >= 15 is 0 Å². The smallest absolute Gasteiger partial charge is 0.338 e. The van der Waals surface area contributed by atoms with Gasteiger partial charge in [0.25, 0.3) is 0 Å². The second kappa shape index (κ2) is 11.6. The number of carbonyl (C=O) groups is 3. The van der Waals surface area contributed by atoms with Gasteiger partial charge in [-0.15, -0.1) is 11.3 Å². The topological polar surface area (TPSA) is 137 Å². The maximum Gasteiger partial charge on any atom is 0.338 e. The molecule has 12 nitrogen and oxygen atoms in total. The molecule has 1 aromatic heterocycles. The first-order valence-electron chi connectivity index (χ1n) is 14.5. The Morgan fingerprint density at radius 1 is 1.27 bits per heavy atom. The minimum absolute atomic E-state index is 0.0837.